The fourth-order valence-electron chi connectivity index (χ4n) is 2.47. The van der Waals surface area contributed by atoms with E-state index in [1.54, 1.807) is 25.3 Å². The Labute approximate surface area is 145 Å². The Hall–Kier alpha value is -2.59. The van der Waals surface area contributed by atoms with Crippen molar-refractivity contribution in [3.05, 3.63) is 70.4 Å². The Morgan fingerprint density at radius 3 is 2.79 bits per heavy atom. The zero-order valence-electron chi connectivity index (χ0n) is 13.2. The van der Waals surface area contributed by atoms with Crippen molar-refractivity contribution in [3.8, 4) is 5.75 Å². The average Bonchev–Trinajstić information content (AvgIpc) is 2.93. The van der Waals surface area contributed by atoms with Gasteiger partial charge in [-0.05, 0) is 41.8 Å². The van der Waals surface area contributed by atoms with Crippen LogP contribution in [0.5, 0.6) is 5.75 Å². The number of benzene rings is 2. The summed E-state index contributed by atoms with van der Waals surface area (Å²) in [6.45, 7) is 0. The highest BCUT2D eigenvalue weighted by molar-refractivity contribution is 6.30. The number of methoxy groups -OCH3 is 1. The number of cyclic esters (lactones) is 1. The predicted molar refractivity (Wildman–Crippen MR) is 94.3 cm³/mol. The number of hydrogen-bond donors (Lipinski definition) is 0. The van der Waals surface area contributed by atoms with Crippen LogP contribution in [0.15, 0.2) is 59.2 Å². The Balaban J connectivity index is 1.72. The molecule has 0 fully saturated rings. The van der Waals surface area contributed by atoms with Crippen LogP contribution in [0, 0.1) is 0 Å². The number of nitrogens with zero attached hydrogens (tertiary/aromatic N) is 1. The molecule has 24 heavy (non-hydrogen) atoms. The summed E-state index contributed by atoms with van der Waals surface area (Å²) in [7, 11) is 1.64. The van der Waals surface area contributed by atoms with E-state index in [1.807, 2.05) is 36.4 Å². The average molecular weight is 342 g/mol. The van der Waals surface area contributed by atoms with Gasteiger partial charge < -0.3 is 9.47 Å². The minimum Gasteiger partial charge on any atom is -0.496 e. The van der Waals surface area contributed by atoms with Crippen LogP contribution in [0.3, 0.4) is 0 Å². The van der Waals surface area contributed by atoms with Gasteiger partial charge in [0.15, 0.2) is 11.6 Å². The van der Waals surface area contributed by atoms with Gasteiger partial charge in [0.25, 0.3) is 0 Å². The van der Waals surface area contributed by atoms with E-state index in [9.17, 15) is 4.79 Å². The first-order chi connectivity index (χ1) is 11.7. The zero-order chi connectivity index (χ0) is 16.9. The highest BCUT2D eigenvalue weighted by atomic mass is 35.5. The van der Waals surface area contributed by atoms with Gasteiger partial charge >= 0.3 is 5.97 Å². The van der Waals surface area contributed by atoms with Gasteiger partial charge in [-0.25, -0.2) is 9.79 Å². The summed E-state index contributed by atoms with van der Waals surface area (Å²) in [5, 5.41) is 0.607. The highest BCUT2D eigenvalue weighted by Crippen LogP contribution is 2.22. The van der Waals surface area contributed by atoms with Crippen molar-refractivity contribution < 1.29 is 14.3 Å². The zero-order valence-corrected chi connectivity index (χ0v) is 13.9. The maximum atomic E-state index is 11.9. The van der Waals surface area contributed by atoms with Gasteiger partial charge in [-0.3, -0.25) is 0 Å². The van der Waals surface area contributed by atoms with Gasteiger partial charge in [0.05, 0.1) is 7.11 Å². The lowest BCUT2D eigenvalue weighted by molar-refractivity contribution is -0.130. The molecule has 0 atom stereocenters. The molecule has 2 aromatic rings. The number of carbonyl (C=O) groups is 1. The van der Waals surface area contributed by atoms with Crippen molar-refractivity contribution >= 4 is 29.5 Å². The lowest BCUT2D eigenvalue weighted by Gasteiger charge is -2.07. The van der Waals surface area contributed by atoms with Crippen molar-refractivity contribution in [1.29, 1.82) is 0 Å². The molecule has 0 N–H and O–H groups in total. The molecular weight excluding hydrogens is 326 g/mol. The van der Waals surface area contributed by atoms with E-state index in [4.69, 9.17) is 21.1 Å². The van der Waals surface area contributed by atoms with Gasteiger partial charge in [-0.15, -0.1) is 0 Å². The van der Waals surface area contributed by atoms with Gasteiger partial charge in [0, 0.05) is 11.4 Å². The lowest BCUT2D eigenvalue weighted by atomic mass is 10.1. The third-order valence-corrected chi connectivity index (χ3v) is 3.85. The number of esters is 1. The fourth-order valence-corrected chi connectivity index (χ4v) is 2.66. The summed E-state index contributed by atoms with van der Waals surface area (Å²) < 4.78 is 10.6. The Morgan fingerprint density at radius 1 is 1.17 bits per heavy atom. The van der Waals surface area contributed by atoms with Crippen molar-refractivity contribution in [2.24, 2.45) is 4.99 Å². The minimum absolute atomic E-state index is 0.285. The molecule has 0 bridgehead atoms. The summed E-state index contributed by atoms with van der Waals surface area (Å²) in [4.78, 5) is 16.2. The van der Waals surface area contributed by atoms with Crippen molar-refractivity contribution in [2.75, 3.05) is 7.11 Å². The van der Waals surface area contributed by atoms with E-state index in [-0.39, 0.29) is 5.70 Å². The molecule has 0 amide bonds. The first kappa shape index (κ1) is 16.3. The van der Waals surface area contributed by atoms with Crippen LogP contribution in [-0.4, -0.2) is 19.0 Å². The van der Waals surface area contributed by atoms with Crippen LogP contribution >= 0.6 is 11.6 Å². The van der Waals surface area contributed by atoms with Crippen molar-refractivity contribution in [2.45, 2.75) is 12.8 Å². The van der Waals surface area contributed by atoms with Gasteiger partial charge in [-0.1, -0.05) is 41.9 Å². The first-order valence-corrected chi connectivity index (χ1v) is 7.92. The summed E-state index contributed by atoms with van der Waals surface area (Å²) >= 11 is 5.95. The summed E-state index contributed by atoms with van der Waals surface area (Å²) in [5.41, 5.74) is 2.14. The molecule has 1 heterocycles. The lowest BCUT2D eigenvalue weighted by Crippen LogP contribution is -2.05. The standard InChI is InChI=1S/C19H16ClNO3/c1-23-17-8-3-2-6-14(17)9-10-18-21-16(19(22)24-18)12-13-5-4-7-15(20)11-13/h2-8,11-12H,9-10H2,1H3/b16-12+. The van der Waals surface area contributed by atoms with Crippen LogP contribution in [0.4, 0.5) is 0 Å². The molecule has 0 aliphatic carbocycles. The Morgan fingerprint density at radius 2 is 2.00 bits per heavy atom. The van der Waals surface area contributed by atoms with Gasteiger partial charge in [0.2, 0.25) is 0 Å². The maximum absolute atomic E-state index is 11.9. The number of para-hydroxylation sites is 1. The number of rotatable bonds is 5. The number of carbonyl (C=O) groups excluding carboxylic acids is 1. The normalized spacial score (nSPS) is 15.3. The minimum atomic E-state index is -0.440. The number of ether oxygens (including phenoxy) is 2. The van der Waals surface area contributed by atoms with Crippen LogP contribution in [0.2, 0.25) is 5.02 Å². The SMILES string of the molecule is COc1ccccc1CCC1=N/C(=C/c2cccc(Cl)c2)C(=O)O1. The van der Waals surface area contributed by atoms with Crippen molar-refractivity contribution in [1.82, 2.24) is 0 Å². The first-order valence-electron chi connectivity index (χ1n) is 7.54. The summed E-state index contributed by atoms with van der Waals surface area (Å²) in [5.74, 6) is 0.793. The molecule has 0 radical (unpaired) electrons. The smallest absolute Gasteiger partial charge is 0.363 e. The molecule has 1 aliphatic heterocycles. The molecule has 2 aromatic carbocycles. The predicted octanol–water partition coefficient (Wildman–Crippen LogP) is 4.28. The molecule has 0 saturated heterocycles. The largest absolute Gasteiger partial charge is 0.496 e. The van der Waals surface area contributed by atoms with Crippen LogP contribution in [0.25, 0.3) is 6.08 Å². The van der Waals surface area contributed by atoms with E-state index in [1.165, 1.54) is 0 Å². The van der Waals surface area contributed by atoms with E-state index < -0.39 is 5.97 Å². The summed E-state index contributed by atoms with van der Waals surface area (Å²) in [6.07, 6.45) is 2.88. The number of hydrogen-bond acceptors (Lipinski definition) is 4. The molecule has 122 valence electrons. The van der Waals surface area contributed by atoms with E-state index in [0.717, 1.165) is 16.9 Å². The fraction of sp³-hybridized carbons (Fsp3) is 0.158. The molecule has 4 nitrogen and oxygen atoms in total. The monoisotopic (exact) mass is 341 g/mol. The highest BCUT2D eigenvalue weighted by Gasteiger charge is 2.22. The number of aryl methyl sites for hydroxylation is 1. The molecule has 0 saturated carbocycles. The van der Waals surface area contributed by atoms with Crippen LogP contribution in [0.1, 0.15) is 17.5 Å². The molecule has 0 unspecified atom stereocenters. The van der Waals surface area contributed by atoms with E-state index in [0.29, 0.717) is 23.8 Å². The topological polar surface area (TPSA) is 47.9 Å². The quantitative estimate of drug-likeness (QED) is 0.602. The molecular formula is C19H16ClNO3. The second-order valence-electron chi connectivity index (χ2n) is 5.29. The molecule has 0 aromatic heterocycles. The van der Waals surface area contributed by atoms with E-state index >= 15 is 0 Å². The summed E-state index contributed by atoms with van der Waals surface area (Å²) in [6, 6.07) is 15.0. The van der Waals surface area contributed by atoms with Crippen LogP contribution in [-0.2, 0) is 16.0 Å². The Bertz CT molecular complexity index is 827. The third-order valence-electron chi connectivity index (χ3n) is 3.62. The maximum Gasteiger partial charge on any atom is 0.363 e. The Kier molecular flexibility index (Phi) is 4.96. The second-order valence-corrected chi connectivity index (χ2v) is 5.73. The van der Waals surface area contributed by atoms with Crippen molar-refractivity contribution in [3.63, 3.8) is 0 Å². The molecule has 3 rings (SSSR count). The van der Waals surface area contributed by atoms with Gasteiger partial charge in [0.1, 0.15) is 5.75 Å². The number of halogens is 1. The molecule has 0 spiro atoms. The second kappa shape index (κ2) is 7.32. The molecule has 5 heteroatoms. The van der Waals surface area contributed by atoms with Crippen LogP contribution < -0.4 is 4.74 Å². The van der Waals surface area contributed by atoms with E-state index in [2.05, 4.69) is 4.99 Å². The third kappa shape index (κ3) is 3.84. The molecule has 1 aliphatic rings. The number of aliphatic imine (C=N–C) groups is 1. The van der Waals surface area contributed by atoms with Gasteiger partial charge in [-0.2, -0.15) is 0 Å².